The summed E-state index contributed by atoms with van der Waals surface area (Å²) in [5.74, 6) is 5.37. The fourth-order valence-corrected chi connectivity index (χ4v) is 1.46. The minimum Gasteiger partial charge on any atom is -0.334 e. The molecule has 0 atom stereocenters. The highest BCUT2D eigenvalue weighted by atomic mass is 32.2. The second-order valence-electron chi connectivity index (χ2n) is 2.69. The number of aromatic nitrogens is 3. The van der Waals surface area contributed by atoms with Gasteiger partial charge in [-0.15, -0.1) is 5.10 Å². The standard InChI is InChI=1S/C7H12N4O2S/c1-3-4-10-5(12)6(13)11(8)7(9-10)14-2/h3-4,8H2,1-2H3. The normalized spacial score (nSPS) is 10.4. The molecular formula is C7H12N4O2S. The van der Waals surface area contributed by atoms with E-state index in [4.69, 9.17) is 5.84 Å². The molecule has 0 amide bonds. The Morgan fingerprint density at radius 3 is 2.57 bits per heavy atom. The van der Waals surface area contributed by atoms with Crippen molar-refractivity contribution in [3.63, 3.8) is 0 Å². The third-order valence-electron chi connectivity index (χ3n) is 1.67. The molecule has 0 saturated heterocycles. The molecule has 78 valence electrons. The molecule has 0 aliphatic carbocycles. The molecule has 14 heavy (non-hydrogen) atoms. The van der Waals surface area contributed by atoms with Crippen LogP contribution in [0.5, 0.6) is 0 Å². The molecule has 2 N–H and O–H groups in total. The Kier molecular flexibility index (Phi) is 3.34. The van der Waals surface area contributed by atoms with Crippen LogP contribution in [0.15, 0.2) is 14.7 Å². The van der Waals surface area contributed by atoms with Crippen LogP contribution in [0.2, 0.25) is 0 Å². The van der Waals surface area contributed by atoms with Crippen molar-refractivity contribution in [2.75, 3.05) is 12.1 Å². The highest BCUT2D eigenvalue weighted by molar-refractivity contribution is 7.98. The predicted molar refractivity (Wildman–Crippen MR) is 55.0 cm³/mol. The molecule has 0 spiro atoms. The van der Waals surface area contributed by atoms with Crippen LogP contribution < -0.4 is 17.0 Å². The first-order chi connectivity index (χ1) is 6.61. The zero-order valence-electron chi connectivity index (χ0n) is 8.06. The van der Waals surface area contributed by atoms with Gasteiger partial charge in [-0.1, -0.05) is 18.7 Å². The first-order valence-electron chi connectivity index (χ1n) is 4.15. The van der Waals surface area contributed by atoms with Gasteiger partial charge in [-0.25, -0.2) is 4.68 Å². The lowest BCUT2D eigenvalue weighted by molar-refractivity contribution is 0.499. The average molecular weight is 216 g/mol. The third kappa shape index (κ3) is 1.82. The van der Waals surface area contributed by atoms with Crippen molar-refractivity contribution < 1.29 is 0 Å². The second-order valence-corrected chi connectivity index (χ2v) is 3.46. The number of rotatable bonds is 3. The van der Waals surface area contributed by atoms with Crippen molar-refractivity contribution >= 4 is 11.8 Å². The first kappa shape index (κ1) is 10.8. The van der Waals surface area contributed by atoms with Gasteiger partial charge in [-0.3, -0.25) is 9.59 Å². The number of nitrogens with zero attached hydrogens (tertiary/aromatic N) is 3. The van der Waals surface area contributed by atoms with Gasteiger partial charge in [0.05, 0.1) is 0 Å². The van der Waals surface area contributed by atoms with Crippen molar-refractivity contribution in [2.24, 2.45) is 0 Å². The lowest BCUT2D eigenvalue weighted by Crippen LogP contribution is -2.46. The molecule has 0 fully saturated rings. The first-order valence-corrected chi connectivity index (χ1v) is 5.37. The Morgan fingerprint density at radius 2 is 2.07 bits per heavy atom. The zero-order valence-corrected chi connectivity index (χ0v) is 8.87. The number of thioether (sulfide) groups is 1. The summed E-state index contributed by atoms with van der Waals surface area (Å²) in [6, 6.07) is 0. The van der Waals surface area contributed by atoms with Gasteiger partial charge in [0.25, 0.3) is 0 Å². The third-order valence-corrected chi connectivity index (χ3v) is 2.31. The van der Waals surface area contributed by atoms with E-state index in [1.165, 1.54) is 11.8 Å². The summed E-state index contributed by atoms with van der Waals surface area (Å²) in [6.45, 7) is 2.34. The van der Waals surface area contributed by atoms with E-state index in [0.717, 1.165) is 15.8 Å². The van der Waals surface area contributed by atoms with Gasteiger partial charge in [0, 0.05) is 6.54 Å². The maximum absolute atomic E-state index is 11.3. The van der Waals surface area contributed by atoms with Gasteiger partial charge in [-0.05, 0) is 12.7 Å². The highest BCUT2D eigenvalue weighted by Crippen LogP contribution is 2.03. The fourth-order valence-electron chi connectivity index (χ4n) is 1.000. The van der Waals surface area contributed by atoms with E-state index in [1.54, 1.807) is 6.26 Å². The molecule has 1 heterocycles. The molecule has 1 aromatic heterocycles. The smallest absolute Gasteiger partial charge is 0.334 e. The Balaban J connectivity index is 3.41. The number of hydrogen-bond donors (Lipinski definition) is 1. The number of aryl methyl sites for hydroxylation is 1. The van der Waals surface area contributed by atoms with Gasteiger partial charge in [0.15, 0.2) is 0 Å². The van der Waals surface area contributed by atoms with Gasteiger partial charge in [0.1, 0.15) is 0 Å². The molecule has 1 aromatic rings. The summed E-state index contributed by atoms with van der Waals surface area (Å²) in [5, 5.41) is 4.28. The van der Waals surface area contributed by atoms with E-state index in [-0.39, 0.29) is 0 Å². The van der Waals surface area contributed by atoms with Crippen LogP contribution in [-0.2, 0) is 6.54 Å². The minimum atomic E-state index is -0.738. The molecule has 0 bridgehead atoms. The van der Waals surface area contributed by atoms with E-state index < -0.39 is 11.1 Å². The van der Waals surface area contributed by atoms with Crippen molar-refractivity contribution in [2.45, 2.75) is 25.0 Å². The monoisotopic (exact) mass is 216 g/mol. The molecule has 7 heteroatoms. The maximum atomic E-state index is 11.3. The Morgan fingerprint density at radius 1 is 1.43 bits per heavy atom. The van der Waals surface area contributed by atoms with Gasteiger partial charge >= 0.3 is 11.1 Å². The molecule has 0 saturated carbocycles. The van der Waals surface area contributed by atoms with Gasteiger partial charge in [0.2, 0.25) is 5.16 Å². The topological polar surface area (TPSA) is 82.9 Å². The van der Waals surface area contributed by atoms with E-state index in [9.17, 15) is 9.59 Å². The fraction of sp³-hybridized carbons (Fsp3) is 0.571. The van der Waals surface area contributed by atoms with E-state index in [1.807, 2.05) is 6.92 Å². The van der Waals surface area contributed by atoms with Crippen molar-refractivity contribution in [1.82, 2.24) is 14.5 Å². The van der Waals surface area contributed by atoms with Crippen LogP contribution in [0.3, 0.4) is 0 Å². The number of nitrogen functional groups attached to an aromatic ring is 1. The molecule has 0 aliphatic rings. The average Bonchev–Trinajstić information content (AvgIpc) is 2.19. The van der Waals surface area contributed by atoms with Crippen LogP contribution in [0.1, 0.15) is 13.3 Å². The van der Waals surface area contributed by atoms with E-state index in [2.05, 4.69) is 5.10 Å². The van der Waals surface area contributed by atoms with Crippen LogP contribution in [0.25, 0.3) is 0 Å². The molecule has 0 unspecified atom stereocenters. The molecular weight excluding hydrogens is 204 g/mol. The number of hydrogen-bond acceptors (Lipinski definition) is 5. The summed E-state index contributed by atoms with van der Waals surface area (Å²) >= 11 is 1.23. The van der Waals surface area contributed by atoms with Gasteiger partial charge in [-0.2, -0.15) is 4.68 Å². The van der Waals surface area contributed by atoms with Crippen LogP contribution in [0.4, 0.5) is 0 Å². The minimum absolute atomic E-state index is 0.336. The molecule has 0 radical (unpaired) electrons. The Labute approximate surface area is 84.7 Å². The maximum Gasteiger partial charge on any atom is 0.338 e. The van der Waals surface area contributed by atoms with Crippen LogP contribution in [0, 0.1) is 0 Å². The van der Waals surface area contributed by atoms with Crippen molar-refractivity contribution in [1.29, 1.82) is 0 Å². The van der Waals surface area contributed by atoms with E-state index >= 15 is 0 Å². The quantitative estimate of drug-likeness (QED) is 0.408. The zero-order chi connectivity index (χ0) is 10.7. The highest BCUT2D eigenvalue weighted by Gasteiger charge is 2.09. The predicted octanol–water partition coefficient (Wildman–Crippen LogP) is -0.749. The molecule has 0 aliphatic heterocycles. The van der Waals surface area contributed by atoms with Crippen molar-refractivity contribution in [3.05, 3.63) is 20.7 Å². The summed E-state index contributed by atoms with van der Waals surface area (Å²) in [6.07, 6.45) is 2.49. The lowest BCUT2D eigenvalue weighted by atomic mass is 10.5. The summed E-state index contributed by atoms with van der Waals surface area (Å²) in [4.78, 5) is 22.6. The largest absolute Gasteiger partial charge is 0.338 e. The summed E-state index contributed by atoms with van der Waals surface area (Å²) in [7, 11) is 0. The Hall–Kier alpha value is -1.24. The van der Waals surface area contributed by atoms with Gasteiger partial charge < -0.3 is 5.84 Å². The van der Waals surface area contributed by atoms with Crippen molar-refractivity contribution in [3.8, 4) is 0 Å². The molecule has 0 aromatic carbocycles. The SMILES string of the molecule is CCCn1nc(SC)n(N)c(=O)c1=O. The number of nitrogens with two attached hydrogens (primary N) is 1. The lowest BCUT2D eigenvalue weighted by Gasteiger charge is -2.06. The van der Waals surface area contributed by atoms with E-state index in [0.29, 0.717) is 11.7 Å². The molecule has 1 rings (SSSR count). The second kappa shape index (κ2) is 4.32. The summed E-state index contributed by atoms with van der Waals surface area (Å²) < 4.78 is 1.93. The van der Waals surface area contributed by atoms with Crippen LogP contribution >= 0.6 is 11.8 Å². The molecule has 6 nitrogen and oxygen atoms in total. The van der Waals surface area contributed by atoms with Crippen LogP contribution in [-0.4, -0.2) is 20.7 Å². The Bertz CT molecular complexity index is 436. The summed E-state index contributed by atoms with van der Waals surface area (Å²) in [5.41, 5.74) is -1.41.